The van der Waals surface area contributed by atoms with Gasteiger partial charge in [-0.05, 0) is 58.3 Å². The van der Waals surface area contributed by atoms with E-state index in [1.807, 2.05) is 0 Å². The summed E-state index contributed by atoms with van der Waals surface area (Å²) < 4.78 is 10.4. The maximum absolute atomic E-state index is 5.47. The quantitative estimate of drug-likeness (QED) is 0.582. The van der Waals surface area contributed by atoms with Crippen LogP contribution in [0.15, 0.2) is 0 Å². The summed E-state index contributed by atoms with van der Waals surface area (Å²) in [5.41, 5.74) is 0. The van der Waals surface area contributed by atoms with Crippen LogP contribution in [0, 0.1) is 0 Å². The average Bonchev–Trinajstić information content (AvgIpc) is 2.45. The molecule has 0 unspecified atom stereocenters. The van der Waals surface area contributed by atoms with Crippen LogP contribution in [0.3, 0.4) is 0 Å². The van der Waals surface area contributed by atoms with Gasteiger partial charge in [-0.25, -0.2) is 0 Å². The molecule has 0 spiro atoms. The van der Waals surface area contributed by atoms with Crippen molar-refractivity contribution in [3.63, 3.8) is 0 Å². The molecule has 0 aromatic carbocycles. The fourth-order valence-corrected chi connectivity index (χ4v) is 2.49. The second-order valence-electron chi connectivity index (χ2n) is 5.38. The van der Waals surface area contributed by atoms with Crippen molar-refractivity contribution >= 4 is 0 Å². The van der Waals surface area contributed by atoms with Crippen molar-refractivity contribution < 1.29 is 9.47 Å². The first-order chi connectivity index (χ1) is 9.36. The maximum Gasteiger partial charge on any atom is 0.0700 e. The number of likely N-dealkylation sites (tertiary alicyclic amines) is 1. The fourth-order valence-electron chi connectivity index (χ4n) is 2.49. The normalized spacial score (nSPS) is 18.0. The Labute approximate surface area is 118 Å². The monoisotopic (exact) mass is 272 g/mol. The first-order valence-corrected chi connectivity index (χ1v) is 7.89. The number of ether oxygens (including phenoxy) is 2. The van der Waals surface area contributed by atoms with Gasteiger partial charge in [0.2, 0.25) is 0 Å². The second kappa shape index (κ2) is 11.6. The molecule has 4 heteroatoms. The first kappa shape index (κ1) is 16.9. The number of unbranched alkanes of at least 4 members (excludes halogenated alkanes) is 1. The highest BCUT2D eigenvalue weighted by Crippen LogP contribution is 2.11. The summed E-state index contributed by atoms with van der Waals surface area (Å²) in [7, 11) is 1.71. The lowest BCUT2D eigenvalue weighted by atomic mass is 10.0. The summed E-state index contributed by atoms with van der Waals surface area (Å²) in [6, 6.07) is 0.758. The zero-order chi connectivity index (χ0) is 13.8. The van der Waals surface area contributed by atoms with E-state index >= 15 is 0 Å². The van der Waals surface area contributed by atoms with Crippen LogP contribution >= 0.6 is 0 Å². The minimum absolute atomic E-state index is 0.707. The molecular formula is C15H32N2O2. The molecule has 0 bridgehead atoms. The average molecular weight is 272 g/mol. The van der Waals surface area contributed by atoms with E-state index in [1.54, 1.807) is 7.11 Å². The van der Waals surface area contributed by atoms with Crippen LogP contribution in [0.4, 0.5) is 0 Å². The molecule has 1 saturated heterocycles. The van der Waals surface area contributed by atoms with E-state index in [4.69, 9.17) is 9.47 Å². The van der Waals surface area contributed by atoms with E-state index in [2.05, 4.69) is 17.1 Å². The van der Waals surface area contributed by atoms with Gasteiger partial charge in [-0.2, -0.15) is 0 Å². The molecule has 4 nitrogen and oxygen atoms in total. The lowest BCUT2D eigenvalue weighted by Crippen LogP contribution is -2.42. The van der Waals surface area contributed by atoms with E-state index in [-0.39, 0.29) is 0 Å². The Morgan fingerprint density at radius 3 is 2.58 bits per heavy atom. The lowest BCUT2D eigenvalue weighted by Gasteiger charge is -2.32. The van der Waals surface area contributed by atoms with Crippen molar-refractivity contribution in [3.05, 3.63) is 0 Å². The summed E-state index contributed by atoms with van der Waals surface area (Å²) in [5.74, 6) is 0. The molecule has 1 heterocycles. The number of piperidine rings is 1. The number of nitrogens with one attached hydrogen (secondary N) is 1. The van der Waals surface area contributed by atoms with Crippen LogP contribution in [-0.2, 0) is 9.47 Å². The van der Waals surface area contributed by atoms with Crippen molar-refractivity contribution in [2.24, 2.45) is 0 Å². The number of hydrogen-bond acceptors (Lipinski definition) is 4. The lowest BCUT2D eigenvalue weighted by molar-refractivity contribution is 0.0671. The predicted molar refractivity (Wildman–Crippen MR) is 79.7 cm³/mol. The molecule has 1 aliphatic heterocycles. The highest BCUT2D eigenvalue weighted by Gasteiger charge is 2.17. The van der Waals surface area contributed by atoms with Gasteiger partial charge in [0.1, 0.15) is 0 Å². The third-order valence-electron chi connectivity index (χ3n) is 3.72. The highest BCUT2D eigenvalue weighted by atomic mass is 16.5. The molecule has 0 saturated carbocycles. The van der Waals surface area contributed by atoms with E-state index in [1.165, 1.54) is 51.9 Å². The van der Waals surface area contributed by atoms with Gasteiger partial charge in [0.15, 0.2) is 0 Å². The van der Waals surface area contributed by atoms with Gasteiger partial charge in [-0.1, -0.05) is 6.92 Å². The van der Waals surface area contributed by atoms with Crippen molar-refractivity contribution in [1.82, 2.24) is 10.2 Å². The van der Waals surface area contributed by atoms with Gasteiger partial charge in [0, 0.05) is 19.8 Å². The highest BCUT2D eigenvalue weighted by molar-refractivity contribution is 4.76. The zero-order valence-electron chi connectivity index (χ0n) is 12.8. The number of hydrogen-bond donors (Lipinski definition) is 1. The third kappa shape index (κ3) is 8.58. The molecule has 1 rings (SSSR count). The standard InChI is InChI=1S/C15H32N2O2/c1-3-8-16-15-6-10-17(11-7-15)9-4-5-12-19-14-13-18-2/h15-16H,3-14H2,1-2H3. The molecule has 0 aromatic rings. The molecule has 114 valence electrons. The van der Waals surface area contributed by atoms with E-state index in [0.29, 0.717) is 6.61 Å². The molecule has 1 fully saturated rings. The summed E-state index contributed by atoms with van der Waals surface area (Å²) in [6.07, 6.45) is 6.27. The second-order valence-corrected chi connectivity index (χ2v) is 5.38. The molecule has 0 radical (unpaired) electrons. The van der Waals surface area contributed by atoms with Gasteiger partial charge < -0.3 is 19.7 Å². The molecule has 1 aliphatic rings. The fraction of sp³-hybridized carbons (Fsp3) is 1.00. The maximum atomic E-state index is 5.47. The minimum Gasteiger partial charge on any atom is -0.382 e. The van der Waals surface area contributed by atoms with Gasteiger partial charge in [0.25, 0.3) is 0 Å². The topological polar surface area (TPSA) is 33.7 Å². The number of nitrogens with zero attached hydrogens (tertiary/aromatic N) is 1. The van der Waals surface area contributed by atoms with E-state index in [9.17, 15) is 0 Å². The van der Waals surface area contributed by atoms with Crippen molar-refractivity contribution in [2.45, 2.75) is 45.1 Å². The Morgan fingerprint density at radius 2 is 1.89 bits per heavy atom. The van der Waals surface area contributed by atoms with Crippen molar-refractivity contribution in [1.29, 1.82) is 0 Å². The SMILES string of the molecule is CCCNC1CCN(CCCCOCCOC)CC1. The first-order valence-electron chi connectivity index (χ1n) is 7.89. The summed E-state index contributed by atoms with van der Waals surface area (Å²) >= 11 is 0. The van der Waals surface area contributed by atoms with Crippen molar-refractivity contribution in [3.8, 4) is 0 Å². The Morgan fingerprint density at radius 1 is 1.11 bits per heavy atom. The zero-order valence-corrected chi connectivity index (χ0v) is 12.8. The Bertz CT molecular complexity index is 195. The number of methoxy groups -OCH3 is 1. The van der Waals surface area contributed by atoms with Gasteiger partial charge >= 0.3 is 0 Å². The van der Waals surface area contributed by atoms with Crippen LogP contribution in [0.5, 0.6) is 0 Å². The van der Waals surface area contributed by atoms with Crippen LogP contribution < -0.4 is 5.32 Å². The molecule has 0 atom stereocenters. The van der Waals surface area contributed by atoms with Crippen LogP contribution in [0.25, 0.3) is 0 Å². The number of rotatable bonds is 11. The largest absolute Gasteiger partial charge is 0.382 e. The molecule has 1 N–H and O–H groups in total. The van der Waals surface area contributed by atoms with Gasteiger partial charge in [0.05, 0.1) is 13.2 Å². The Kier molecular flexibility index (Phi) is 10.4. The molecule has 0 amide bonds. The third-order valence-corrected chi connectivity index (χ3v) is 3.72. The molecule has 0 aromatic heterocycles. The minimum atomic E-state index is 0.707. The summed E-state index contributed by atoms with van der Waals surface area (Å²) in [5, 5.41) is 3.63. The Balaban J connectivity index is 1.89. The predicted octanol–water partition coefficient (Wildman–Crippen LogP) is 1.89. The van der Waals surface area contributed by atoms with Crippen LogP contribution in [0.2, 0.25) is 0 Å². The van der Waals surface area contributed by atoms with Crippen LogP contribution in [0.1, 0.15) is 39.0 Å². The molecular weight excluding hydrogens is 240 g/mol. The molecule has 19 heavy (non-hydrogen) atoms. The smallest absolute Gasteiger partial charge is 0.0700 e. The molecule has 0 aliphatic carbocycles. The summed E-state index contributed by atoms with van der Waals surface area (Å²) in [6.45, 7) is 9.45. The van der Waals surface area contributed by atoms with E-state index < -0.39 is 0 Å². The Hall–Kier alpha value is -0.160. The van der Waals surface area contributed by atoms with Crippen LogP contribution in [-0.4, -0.2) is 64.1 Å². The van der Waals surface area contributed by atoms with E-state index in [0.717, 1.165) is 25.7 Å². The summed E-state index contributed by atoms with van der Waals surface area (Å²) in [4.78, 5) is 2.60. The van der Waals surface area contributed by atoms with Gasteiger partial charge in [-0.15, -0.1) is 0 Å². The van der Waals surface area contributed by atoms with Crippen molar-refractivity contribution in [2.75, 3.05) is 53.1 Å². The van der Waals surface area contributed by atoms with Gasteiger partial charge in [-0.3, -0.25) is 0 Å².